The highest BCUT2D eigenvalue weighted by Crippen LogP contribution is 2.34. The molecule has 0 unspecified atom stereocenters. The monoisotopic (exact) mass is 415 g/mol. The van der Waals surface area contributed by atoms with Crippen molar-refractivity contribution in [2.75, 3.05) is 36.5 Å². The third-order valence-electron chi connectivity index (χ3n) is 3.96. The van der Waals surface area contributed by atoms with E-state index in [4.69, 9.17) is 4.74 Å². The zero-order valence-corrected chi connectivity index (χ0v) is 14.9. The van der Waals surface area contributed by atoms with Crippen LogP contribution in [-0.2, 0) is 17.5 Å². The standard InChI is InChI=1S/C17H17BrF3N3O/c18-13-4-3-12(15(10-13)24-6-8-25-9-7-24)11-23-16-14(17(19,20)21)2-1-5-22-16/h1-5,10H,6-9,11H2,(H,22,23). The van der Waals surface area contributed by atoms with Crippen molar-refractivity contribution < 1.29 is 17.9 Å². The quantitative estimate of drug-likeness (QED) is 0.806. The Morgan fingerprint density at radius 1 is 1.20 bits per heavy atom. The Balaban J connectivity index is 1.82. The predicted molar refractivity (Wildman–Crippen MR) is 93.7 cm³/mol. The van der Waals surface area contributed by atoms with E-state index in [0.717, 1.165) is 34.9 Å². The molecule has 134 valence electrons. The second-order valence-electron chi connectivity index (χ2n) is 5.62. The minimum absolute atomic E-state index is 0.161. The van der Waals surface area contributed by atoms with Gasteiger partial charge in [0, 0.05) is 36.0 Å². The molecule has 1 aromatic heterocycles. The summed E-state index contributed by atoms with van der Waals surface area (Å²) in [4.78, 5) is 6.02. The Morgan fingerprint density at radius 2 is 1.96 bits per heavy atom. The molecular formula is C17H17BrF3N3O. The Bertz CT molecular complexity index is 733. The van der Waals surface area contributed by atoms with Crippen molar-refractivity contribution in [1.82, 2.24) is 4.98 Å². The van der Waals surface area contributed by atoms with Crippen molar-refractivity contribution in [2.45, 2.75) is 12.7 Å². The molecule has 1 aliphatic rings. The van der Waals surface area contributed by atoms with E-state index in [1.54, 1.807) is 0 Å². The SMILES string of the molecule is FC(F)(F)c1cccnc1NCc1ccc(Br)cc1N1CCOCC1. The van der Waals surface area contributed by atoms with E-state index in [1.807, 2.05) is 18.2 Å². The minimum Gasteiger partial charge on any atom is -0.378 e. The van der Waals surface area contributed by atoms with Crippen molar-refractivity contribution in [2.24, 2.45) is 0 Å². The van der Waals surface area contributed by atoms with Crippen LogP contribution in [0, 0.1) is 0 Å². The molecule has 8 heteroatoms. The van der Waals surface area contributed by atoms with Crippen LogP contribution in [0.5, 0.6) is 0 Å². The molecule has 1 aromatic carbocycles. The first kappa shape index (κ1) is 18.0. The molecular weight excluding hydrogens is 399 g/mol. The normalized spacial score (nSPS) is 15.3. The summed E-state index contributed by atoms with van der Waals surface area (Å²) in [5.41, 5.74) is 1.12. The third-order valence-corrected chi connectivity index (χ3v) is 4.45. The maximum absolute atomic E-state index is 13.1. The van der Waals surface area contributed by atoms with Gasteiger partial charge in [-0.2, -0.15) is 13.2 Å². The van der Waals surface area contributed by atoms with Crippen LogP contribution in [0.25, 0.3) is 0 Å². The fourth-order valence-corrected chi connectivity index (χ4v) is 3.09. The van der Waals surface area contributed by atoms with Crippen LogP contribution in [0.1, 0.15) is 11.1 Å². The minimum atomic E-state index is -4.44. The van der Waals surface area contributed by atoms with Crippen LogP contribution < -0.4 is 10.2 Å². The summed E-state index contributed by atoms with van der Waals surface area (Å²) in [6.45, 7) is 3.03. The first-order valence-electron chi connectivity index (χ1n) is 7.82. The van der Waals surface area contributed by atoms with Gasteiger partial charge in [-0.15, -0.1) is 0 Å². The van der Waals surface area contributed by atoms with E-state index in [2.05, 4.69) is 31.1 Å². The maximum atomic E-state index is 13.1. The second-order valence-corrected chi connectivity index (χ2v) is 6.54. The number of alkyl halides is 3. The second kappa shape index (κ2) is 7.61. The van der Waals surface area contributed by atoms with E-state index in [0.29, 0.717) is 13.2 Å². The molecule has 2 aromatic rings. The van der Waals surface area contributed by atoms with Gasteiger partial charge < -0.3 is 15.0 Å². The van der Waals surface area contributed by atoms with Gasteiger partial charge >= 0.3 is 6.18 Å². The maximum Gasteiger partial charge on any atom is 0.419 e. The van der Waals surface area contributed by atoms with Crippen molar-refractivity contribution in [3.8, 4) is 0 Å². The van der Waals surface area contributed by atoms with Gasteiger partial charge in [-0.3, -0.25) is 0 Å². The molecule has 0 bridgehead atoms. The predicted octanol–water partition coefficient (Wildman–Crippen LogP) is 4.31. The van der Waals surface area contributed by atoms with Crippen molar-refractivity contribution in [3.63, 3.8) is 0 Å². The van der Waals surface area contributed by atoms with Gasteiger partial charge in [-0.05, 0) is 29.8 Å². The van der Waals surface area contributed by atoms with Crippen molar-refractivity contribution >= 4 is 27.4 Å². The number of ether oxygens (including phenoxy) is 1. The molecule has 2 heterocycles. The Labute approximate surface area is 152 Å². The molecule has 0 spiro atoms. The van der Waals surface area contributed by atoms with Crippen LogP contribution in [0.15, 0.2) is 41.0 Å². The number of pyridine rings is 1. The fourth-order valence-electron chi connectivity index (χ4n) is 2.74. The number of hydrogen-bond acceptors (Lipinski definition) is 4. The van der Waals surface area contributed by atoms with E-state index in [1.165, 1.54) is 12.3 Å². The van der Waals surface area contributed by atoms with E-state index < -0.39 is 11.7 Å². The number of aromatic nitrogens is 1. The van der Waals surface area contributed by atoms with Gasteiger partial charge in [0.15, 0.2) is 0 Å². The molecule has 0 radical (unpaired) electrons. The van der Waals surface area contributed by atoms with Crippen LogP contribution in [0.3, 0.4) is 0 Å². The van der Waals surface area contributed by atoms with Crippen LogP contribution in [0.4, 0.5) is 24.7 Å². The van der Waals surface area contributed by atoms with Crippen LogP contribution in [0.2, 0.25) is 0 Å². The zero-order valence-electron chi connectivity index (χ0n) is 13.3. The number of rotatable bonds is 4. The number of nitrogens with one attached hydrogen (secondary N) is 1. The Kier molecular flexibility index (Phi) is 5.48. The molecule has 1 saturated heterocycles. The van der Waals surface area contributed by atoms with E-state index in [9.17, 15) is 13.2 Å². The van der Waals surface area contributed by atoms with Gasteiger partial charge in [0.25, 0.3) is 0 Å². The average molecular weight is 416 g/mol. The zero-order chi connectivity index (χ0) is 17.9. The van der Waals surface area contributed by atoms with Gasteiger partial charge in [-0.1, -0.05) is 22.0 Å². The third kappa shape index (κ3) is 4.43. The molecule has 0 atom stereocenters. The summed E-state index contributed by atoms with van der Waals surface area (Å²) in [5.74, 6) is -0.161. The fraction of sp³-hybridized carbons (Fsp3) is 0.353. The molecule has 1 N–H and O–H groups in total. The highest BCUT2D eigenvalue weighted by atomic mass is 79.9. The molecule has 4 nitrogen and oxygen atoms in total. The number of halogens is 4. The Hall–Kier alpha value is -1.80. The van der Waals surface area contributed by atoms with E-state index >= 15 is 0 Å². The van der Waals surface area contributed by atoms with Crippen LogP contribution in [-0.4, -0.2) is 31.3 Å². The highest BCUT2D eigenvalue weighted by molar-refractivity contribution is 9.10. The molecule has 25 heavy (non-hydrogen) atoms. The summed E-state index contributed by atoms with van der Waals surface area (Å²) in [6, 6.07) is 8.07. The lowest BCUT2D eigenvalue weighted by Gasteiger charge is -2.31. The van der Waals surface area contributed by atoms with Crippen LogP contribution >= 0.6 is 15.9 Å². The smallest absolute Gasteiger partial charge is 0.378 e. The number of morpholine rings is 1. The summed E-state index contributed by atoms with van der Waals surface area (Å²) in [6.07, 6.45) is -3.09. The highest BCUT2D eigenvalue weighted by Gasteiger charge is 2.34. The van der Waals surface area contributed by atoms with Gasteiger partial charge in [-0.25, -0.2) is 4.98 Å². The first-order valence-corrected chi connectivity index (χ1v) is 8.61. The average Bonchev–Trinajstić information content (AvgIpc) is 2.61. The molecule has 3 rings (SSSR count). The van der Waals surface area contributed by atoms with Crippen molar-refractivity contribution in [1.29, 1.82) is 0 Å². The largest absolute Gasteiger partial charge is 0.419 e. The topological polar surface area (TPSA) is 37.4 Å². The molecule has 0 aliphatic carbocycles. The first-order chi connectivity index (χ1) is 11.9. The number of benzene rings is 1. The van der Waals surface area contributed by atoms with Crippen molar-refractivity contribution in [3.05, 3.63) is 52.1 Å². The van der Waals surface area contributed by atoms with Gasteiger partial charge in [0.2, 0.25) is 0 Å². The Morgan fingerprint density at radius 3 is 2.68 bits per heavy atom. The summed E-state index contributed by atoms with van der Waals surface area (Å²) in [7, 11) is 0. The molecule has 1 aliphatic heterocycles. The lowest BCUT2D eigenvalue weighted by molar-refractivity contribution is -0.137. The summed E-state index contributed by atoms with van der Waals surface area (Å²) >= 11 is 3.46. The molecule has 0 amide bonds. The van der Waals surface area contributed by atoms with Gasteiger partial charge in [0.1, 0.15) is 5.82 Å². The number of nitrogens with zero attached hydrogens (tertiary/aromatic N) is 2. The van der Waals surface area contributed by atoms with E-state index in [-0.39, 0.29) is 12.4 Å². The lowest BCUT2D eigenvalue weighted by Crippen LogP contribution is -2.37. The molecule has 0 saturated carbocycles. The lowest BCUT2D eigenvalue weighted by atomic mass is 10.1. The molecule has 1 fully saturated rings. The summed E-state index contributed by atoms with van der Waals surface area (Å²) < 4.78 is 45.6. The number of hydrogen-bond donors (Lipinski definition) is 1. The van der Waals surface area contributed by atoms with Gasteiger partial charge in [0.05, 0.1) is 18.8 Å². The summed E-state index contributed by atoms with van der Waals surface area (Å²) in [5, 5.41) is 2.83. The number of anilines is 2.